The molecule has 80 valence electrons. The van der Waals surface area contributed by atoms with Crippen molar-refractivity contribution < 1.29 is 8.42 Å². The topological polar surface area (TPSA) is 62.0 Å². The van der Waals surface area contributed by atoms with Gasteiger partial charge in [-0.05, 0) is 24.3 Å². The van der Waals surface area contributed by atoms with E-state index in [9.17, 15) is 8.42 Å². The van der Waals surface area contributed by atoms with Crippen molar-refractivity contribution in [3.05, 3.63) is 30.5 Å². The van der Waals surface area contributed by atoms with Crippen LogP contribution in [-0.2, 0) is 10.0 Å². The molecule has 0 aliphatic rings. The zero-order valence-electron chi connectivity index (χ0n) is 7.70. The Morgan fingerprint density at radius 3 is 2.87 bits per heavy atom. The van der Waals surface area contributed by atoms with Gasteiger partial charge in [0.05, 0.1) is 0 Å². The molecule has 0 unspecified atom stereocenters. The Labute approximate surface area is 92.3 Å². The predicted octanol–water partition coefficient (Wildman–Crippen LogP) is 2.11. The van der Waals surface area contributed by atoms with Crippen LogP contribution in [0.15, 0.2) is 30.5 Å². The van der Waals surface area contributed by atoms with Gasteiger partial charge in [0.1, 0.15) is 5.21 Å². The SMILES string of the molecule is O=S(=O)(CCl)Nc1ccc2[nH]ccc2c1. The smallest absolute Gasteiger partial charge is 0.246 e. The molecule has 0 bridgehead atoms. The van der Waals surface area contributed by atoms with Crippen molar-refractivity contribution in [2.45, 2.75) is 0 Å². The maximum Gasteiger partial charge on any atom is 0.246 e. The summed E-state index contributed by atoms with van der Waals surface area (Å²) < 4.78 is 24.8. The Balaban J connectivity index is 2.37. The number of H-pyrrole nitrogens is 1. The average Bonchev–Trinajstić information content (AvgIpc) is 2.64. The molecule has 2 N–H and O–H groups in total. The molecule has 0 aliphatic heterocycles. The number of sulfonamides is 1. The number of halogens is 1. The second-order valence-corrected chi connectivity index (χ2v) is 5.41. The van der Waals surface area contributed by atoms with E-state index in [1.807, 2.05) is 6.07 Å². The van der Waals surface area contributed by atoms with Crippen LogP contribution in [0.4, 0.5) is 5.69 Å². The summed E-state index contributed by atoms with van der Waals surface area (Å²) in [6.45, 7) is 0. The second kappa shape index (κ2) is 3.75. The number of aromatic amines is 1. The van der Waals surface area contributed by atoms with Crippen molar-refractivity contribution in [1.29, 1.82) is 0 Å². The number of hydrogen-bond donors (Lipinski definition) is 2. The molecule has 2 aromatic rings. The van der Waals surface area contributed by atoms with Crippen LogP contribution >= 0.6 is 11.6 Å². The van der Waals surface area contributed by atoms with E-state index in [1.54, 1.807) is 24.4 Å². The van der Waals surface area contributed by atoms with Gasteiger partial charge in [-0.3, -0.25) is 4.72 Å². The minimum absolute atomic E-state index is 0.446. The van der Waals surface area contributed by atoms with E-state index in [-0.39, 0.29) is 0 Å². The molecule has 0 atom stereocenters. The van der Waals surface area contributed by atoms with Gasteiger partial charge in [-0.25, -0.2) is 8.42 Å². The minimum Gasteiger partial charge on any atom is -0.361 e. The fraction of sp³-hybridized carbons (Fsp3) is 0.111. The van der Waals surface area contributed by atoms with Crippen LogP contribution in [0.3, 0.4) is 0 Å². The van der Waals surface area contributed by atoms with Crippen LogP contribution in [0.1, 0.15) is 0 Å². The van der Waals surface area contributed by atoms with Crippen molar-refractivity contribution in [1.82, 2.24) is 4.98 Å². The van der Waals surface area contributed by atoms with E-state index in [0.717, 1.165) is 10.9 Å². The van der Waals surface area contributed by atoms with Crippen molar-refractivity contribution in [2.24, 2.45) is 0 Å². The lowest BCUT2D eigenvalue weighted by Gasteiger charge is -2.04. The van der Waals surface area contributed by atoms with Crippen LogP contribution in [0.5, 0.6) is 0 Å². The third-order valence-corrected chi connectivity index (χ3v) is 3.67. The fourth-order valence-electron chi connectivity index (χ4n) is 1.32. The standard InChI is InChI=1S/C9H9ClN2O2S/c10-6-15(13,14)12-8-1-2-9-7(5-8)3-4-11-9/h1-5,11-12H,6H2. The normalized spacial score (nSPS) is 11.8. The number of benzene rings is 1. The zero-order valence-corrected chi connectivity index (χ0v) is 9.27. The molecule has 1 aromatic heterocycles. The summed E-state index contributed by atoms with van der Waals surface area (Å²) >= 11 is 5.28. The highest BCUT2D eigenvalue weighted by Gasteiger charge is 2.08. The van der Waals surface area contributed by atoms with Crippen LogP contribution in [0.2, 0.25) is 0 Å². The maximum absolute atomic E-state index is 11.2. The van der Waals surface area contributed by atoms with E-state index in [1.165, 1.54) is 0 Å². The molecule has 0 spiro atoms. The first-order valence-electron chi connectivity index (χ1n) is 4.24. The molecule has 0 radical (unpaired) electrons. The Hall–Kier alpha value is -1.20. The number of alkyl halides is 1. The molecule has 0 saturated carbocycles. The molecule has 1 aromatic carbocycles. The highest BCUT2D eigenvalue weighted by atomic mass is 35.5. The molecule has 0 amide bonds. The lowest BCUT2D eigenvalue weighted by Crippen LogP contribution is -2.13. The maximum atomic E-state index is 11.2. The van der Waals surface area contributed by atoms with Crippen molar-refractivity contribution in [2.75, 3.05) is 9.93 Å². The quantitative estimate of drug-likeness (QED) is 0.813. The molecule has 15 heavy (non-hydrogen) atoms. The first kappa shape index (κ1) is 10.3. The molecule has 1 heterocycles. The number of hydrogen-bond acceptors (Lipinski definition) is 2. The van der Waals surface area contributed by atoms with Crippen molar-refractivity contribution in [3.63, 3.8) is 0 Å². The van der Waals surface area contributed by atoms with E-state index >= 15 is 0 Å². The Morgan fingerprint density at radius 2 is 2.13 bits per heavy atom. The van der Waals surface area contributed by atoms with Crippen LogP contribution in [0.25, 0.3) is 10.9 Å². The summed E-state index contributed by atoms with van der Waals surface area (Å²) in [4.78, 5) is 3.02. The van der Waals surface area contributed by atoms with Crippen molar-refractivity contribution in [3.8, 4) is 0 Å². The summed E-state index contributed by atoms with van der Waals surface area (Å²) in [7, 11) is -3.42. The third-order valence-electron chi connectivity index (χ3n) is 1.97. The Kier molecular flexibility index (Phi) is 2.58. The molecule has 0 aliphatic carbocycles. The molecular weight excluding hydrogens is 236 g/mol. The fourth-order valence-corrected chi connectivity index (χ4v) is 2.03. The number of rotatable bonds is 3. The molecule has 6 heteroatoms. The molecular formula is C9H9ClN2O2S. The summed E-state index contributed by atoms with van der Waals surface area (Å²) in [6, 6.07) is 7.11. The molecule has 0 saturated heterocycles. The average molecular weight is 245 g/mol. The van der Waals surface area contributed by atoms with Gasteiger partial charge in [-0.2, -0.15) is 0 Å². The highest BCUT2D eigenvalue weighted by Crippen LogP contribution is 2.18. The highest BCUT2D eigenvalue weighted by molar-refractivity contribution is 7.93. The lowest BCUT2D eigenvalue weighted by atomic mass is 10.2. The molecule has 2 rings (SSSR count). The third kappa shape index (κ3) is 2.24. The van der Waals surface area contributed by atoms with Gasteiger partial charge in [-0.15, -0.1) is 11.6 Å². The summed E-state index contributed by atoms with van der Waals surface area (Å²) in [5.74, 6) is 0. The largest absolute Gasteiger partial charge is 0.361 e. The zero-order chi connectivity index (χ0) is 10.9. The Morgan fingerprint density at radius 1 is 1.33 bits per heavy atom. The van der Waals surface area contributed by atoms with E-state index in [0.29, 0.717) is 5.69 Å². The van der Waals surface area contributed by atoms with Gasteiger partial charge in [0.15, 0.2) is 0 Å². The van der Waals surface area contributed by atoms with Gasteiger partial charge in [0.25, 0.3) is 0 Å². The summed E-state index contributed by atoms with van der Waals surface area (Å²) in [6.07, 6.45) is 1.80. The van der Waals surface area contributed by atoms with Crippen LogP contribution in [0, 0.1) is 0 Å². The van der Waals surface area contributed by atoms with Crippen molar-refractivity contribution >= 4 is 38.2 Å². The number of fused-ring (bicyclic) bond motifs is 1. The first-order valence-corrected chi connectivity index (χ1v) is 6.43. The van der Waals surface area contributed by atoms with Gasteiger partial charge in [0.2, 0.25) is 10.0 Å². The monoisotopic (exact) mass is 244 g/mol. The van der Waals surface area contributed by atoms with Gasteiger partial charge < -0.3 is 4.98 Å². The van der Waals surface area contributed by atoms with Crippen LogP contribution < -0.4 is 4.72 Å². The summed E-state index contributed by atoms with van der Waals surface area (Å²) in [5.41, 5.74) is 1.48. The lowest BCUT2D eigenvalue weighted by molar-refractivity contribution is 0.605. The first-order chi connectivity index (χ1) is 7.11. The van der Waals surface area contributed by atoms with Gasteiger partial charge >= 0.3 is 0 Å². The Bertz CT molecular complexity index is 577. The number of nitrogens with one attached hydrogen (secondary N) is 2. The van der Waals surface area contributed by atoms with Gasteiger partial charge in [0, 0.05) is 22.8 Å². The van der Waals surface area contributed by atoms with E-state index in [2.05, 4.69) is 9.71 Å². The summed E-state index contributed by atoms with van der Waals surface area (Å²) in [5, 5.41) is 0.503. The number of anilines is 1. The minimum atomic E-state index is -3.42. The second-order valence-electron chi connectivity index (χ2n) is 3.11. The molecule has 4 nitrogen and oxygen atoms in total. The predicted molar refractivity (Wildman–Crippen MR) is 61.6 cm³/mol. The number of aromatic nitrogens is 1. The van der Waals surface area contributed by atoms with Gasteiger partial charge in [-0.1, -0.05) is 0 Å². The molecule has 0 fully saturated rings. The van der Waals surface area contributed by atoms with E-state index in [4.69, 9.17) is 11.6 Å². The van der Waals surface area contributed by atoms with E-state index < -0.39 is 15.2 Å². The van der Waals surface area contributed by atoms with Crippen LogP contribution in [-0.4, -0.2) is 18.6 Å².